The highest BCUT2D eigenvalue weighted by molar-refractivity contribution is 6.33. The van der Waals surface area contributed by atoms with E-state index in [0.717, 1.165) is 0 Å². The zero-order valence-corrected chi connectivity index (χ0v) is 16.9. The average molecular weight is 400 g/mol. The van der Waals surface area contributed by atoms with Crippen molar-refractivity contribution in [1.29, 1.82) is 0 Å². The van der Waals surface area contributed by atoms with Gasteiger partial charge in [-0.1, -0.05) is 61.0 Å². The van der Waals surface area contributed by atoms with Gasteiger partial charge in [-0.2, -0.15) is 0 Å². The second kappa shape index (κ2) is 9.71. The molecular weight excluding hydrogens is 374 g/mol. The Labute approximate surface area is 171 Å². The van der Waals surface area contributed by atoms with Gasteiger partial charge in [0, 0.05) is 32.6 Å². The number of hydrogen-bond acceptors (Lipinski definition) is 3. The van der Waals surface area contributed by atoms with Crippen LogP contribution in [-0.4, -0.2) is 54.3 Å². The van der Waals surface area contributed by atoms with Gasteiger partial charge in [0.2, 0.25) is 11.8 Å². The summed E-state index contributed by atoms with van der Waals surface area (Å²) in [5, 5.41) is 3.37. The van der Waals surface area contributed by atoms with E-state index in [2.05, 4.69) is 29.3 Å². The molecular formula is C22H26ClN3O2. The molecule has 148 valence electrons. The molecule has 1 heterocycles. The lowest BCUT2D eigenvalue weighted by Crippen LogP contribution is -2.50. The maximum absolute atomic E-state index is 12.6. The Hall–Kier alpha value is -2.37. The van der Waals surface area contributed by atoms with Crippen molar-refractivity contribution in [2.24, 2.45) is 0 Å². The van der Waals surface area contributed by atoms with E-state index >= 15 is 0 Å². The van der Waals surface area contributed by atoms with Crippen LogP contribution in [0, 0.1) is 0 Å². The maximum Gasteiger partial charge on any atom is 0.238 e. The van der Waals surface area contributed by atoms with Crippen LogP contribution in [0.15, 0.2) is 54.6 Å². The number of carbonyl (C=O) groups is 2. The minimum absolute atomic E-state index is 0.0921. The van der Waals surface area contributed by atoms with Crippen molar-refractivity contribution in [3.05, 3.63) is 65.2 Å². The second-order valence-electron chi connectivity index (χ2n) is 7.20. The van der Waals surface area contributed by atoms with Crippen LogP contribution in [0.25, 0.3) is 0 Å². The van der Waals surface area contributed by atoms with Gasteiger partial charge in [-0.15, -0.1) is 0 Å². The zero-order valence-electron chi connectivity index (χ0n) is 16.1. The number of anilines is 1. The smallest absolute Gasteiger partial charge is 0.238 e. The fourth-order valence-corrected chi connectivity index (χ4v) is 3.58. The first-order chi connectivity index (χ1) is 13.5. The van der Waals surface area contributed by atoms with Crippen LogP contribution < -0.4 is 5.32 Å². The minimum atomic E-state index is -0.0921. The van der Waals surface area contributed by atoms with Crippen LogP contribution in [0.2, 0.25) is 5.02 Å². The summed E-state index contributed by atoms with van der Waals surface area (Å²) in [4.78, 5) is 28.8. The normalized spacial score (nSPS) is 15.9. The monoisotopic (exact) mass is 399 g/mol. The van der Waals surface area contributed by atoms with Gasteiger partial charge in [-0.3, -0.25) is 14.5 Å². The van der Waals surface area contributed by atoms with Crippen molar-refractivity contribution >= 4 is 29.1 Å². The fraction of sp³-hybridized carbons (Fsp3) is 0.364. The summed E-state index contributed by atoms with van der Waals surface area (Å²) in [7, 11) is 0. The molecule has 0 aromatic heterocycles. The van der Waals surface area contributed by atoms with Gasteiger partial charge in [0.1, 0.15) is 0 Å². The van der Waals surface area contributed by atoms with E-state index < -0.39 is 0 Å². The third-order valence-corrected chi connectivity index (χ3v) is 5.42. The predicted molar refractivity (Wildman–Crippen MR) is 113 cm³/mol. The summed E-state index contributed by atoms with van der Waals surface area (Å²) in [6.07, 6.45) is 0.511. The van der Waals surface area contributed by atoms with Crippen LogP contribution in [0.3, 0.4) is 0 Å². The van der Waals surface area contributed by atoms with Gasteiger partial charge in [-0.25, -0.2) is 0 Å². The maximum atomic E-state index is 12.6. The van der Waals surface area contributed by atoms with Gasteiger partial charge >= 0.3 is 0 Å². The second-order valence-corrected chi connectivity index (χ2v) is 7.61. The van der Waals surface area contributed by atoms with E-state index in [1.165, 1.54) is 5.56 Å². The summed E-state index contributed by atoms with van der Waals surface area (Å²) >= 11 is 6.08. The first-order valence-electron chi connectivity index (χ1n) is 9.62. The van der Waals surface area contributed by atoms with Gasteiger partial charge < -0.3 is 10.2 Å². The molecule has 1 aliphatic heterocycles. The largest absolute Gasteiger partial charge is 0.340 e. The molecule has 1 saturated heterocycles. The van der Waals surface area contributed by atoms with E-state index in [0.29, 0.717) is 49.9 Å². The lowest BCUT2D eigenvalue weighted by molar-refractivity contribution is -0.133. The third-order valence-electron chi connectivity index (χ3n) is 5.09. The Bertz CT molecular complexity index is 804. The van der Waals surface area contributed by atoms with Crippen LogP contribution in [0.4, 0.5) is 5.69 Å². The van der Waals surface area contributed by atoms with E-state index in [9.17, 15) is 9.59 Å². The summed E-state index contributed by atoms with van der Waals surface area (Å²) in [5.74, 6) is 0.287. The molecule has 2 aromatic carbocycles. The number of rotatable bonds is 6. The minimum Gasteiger partial charge on any atom is -0.340 e. The molecule has 28 heavy (non-hydrogen) atoms. The molecule has 0 aliphatic carbocycles. The number of para-hydroxylation sites is 1. The van der Waals surface area contributed by atoms with E-state index in [1.54, 1.807) is 12.1 Å². The summed E-state index contributed by atoms with van der Waals surface area (Å²) in [6.45, 7) is 5.08. The predicted octanol–water partition coefficient (Wildman–Crippen LogP) is 3.62. The van der Waals surface area contributed by atoms with E-state index in [1.807, 2.05) is 35.2 Å². The van der Waals surface area contributed by atoms with Crippen molar-refractivity contribution in [2.75, 3.05) is 38.0 Å². The SMILES string of the molecule is C[C@@H](CC(=O)N1CCN(CC(=O)Nc2ccccc2Cl)CC1)c1ccccc1. The number of halogens is 1. The first kappa shape index (κ1) is 20.4. The topological polar surface area (TPSA) is 52.7 Å². The van der Waals surface area contributed by atoms with Gasteiger partial charge in [0.15, 0.2) is 0 Å². The molecule has 0 spiro atoms. The summed E-state index contributed by atoms with van der Waals surface area (Å²) in [5.41, 5.74) is 1.81. The third kappa shape index (κ3) is 5.57. The zero-order chi connectivity index (χ0) is 19.9. The molecule has 6 heteroatoms. The first-order valence-corrected chi connectivity index (χ1v) is 10.00. The Morgan fingerprint density at radius 1 is 1.00 bits per heavy atom. The number of benzene rings is 2. The molecule has 1 fully saturated rings. The van der Waals surface area contributed by atoms with Crippen molar-refractivity contribution in [2.45, 2.75) is 19.3 Å². The lowest BCUT2D eigenvalue weighted by Gasteiger charge is -2.34. The van der Waals surface area contributed by atoms with Crippen molar-refractivity contribution < 1.29 is 9.59 Å². The van der Waals surface area contributed by atoms with E-state index in [4.69, 9.17) is 11.6 Å². The fourth-order valence-electron chi connectivity index (χ4n) is 3.40. The lowest BCUT2D eigenvalue weighted by atomic mass is 9.97. The van der Waals surface area contributed by atoms with Crippen molar-refractivity contribution in [3.8, 4) is 0 Å². The Kier molecular flexibility index (Phi) is 7.06. The van der Waals surface area contributed by atoms with Crippen LogP contribution in [-0.2, 0) is 9.59 Å². The van der Waals surface area contributed by atoms with Crippen LogP contribution in [0.1, 0.15) is 24.8 Å². The molecule has 0 radical (unpaired) electrons. The highest BCUT2D eigenvalue weighted by Crippen LogP contribution is 2.21. The standard InChI is InChI=1S/C22H26ClN3O2/c1-17(18-7-3-2-4-8-18)15-22(28)26-13-11-25(12-14-26)16-21(27)24-20-10-6-5-9-19(20)23/h2-10,17H,11-16H2,1H3,(H,24,27)/t17-/m0/s1. The van der Waals surface area contributed by atoms with Crippen molar-refractivity contribution in [1.82, 2.24) is 9.80 Å². The van der Waals surface area contributed by atoms with Gasteiger partial charge in [-0.05, 0) is 23.6 Å². The highest BCUT2D eigenvalue weighted by atomic mass is 35.5. The number of hydrogen-bond donors (Lipinski definition) is 1. The highest BCUT2D eigenvalue weighted by Gasteiger charge is 2.24. The Morgan fingerprint density at radius 2 is 1.64 bits per heavy atom. The molecule has 2 amide bonds. The number of amides is 2. The van der Waals surface area contributed by atoms with E-state index in [-0.39, 0.29) is 17.7 Å². The molecule has 2 aromatic rings. The van der Waals surface area contributed by atoms with Crippen molar-refractivity contribution in [3.63, 3.8) is 0 Å². The number of nitrogens with zero attached hydrogens (tertiary/aromatic N) is 2. The molecule has 5 nitrogen and oxygen atoms in total. The molecule has 0 unspecified atom stereocenters. The van der Waals surface area contributed by atoms with Gasteiger partial charge in [0.05, 0.1) is 17.3 Å². The van der Waals surface area contributed by atoms with Gasteiger partial charge in [0.25, 0.3) is 0 Å². The Balaban J connectivity index is 1.43. The average Bonchev–Trinajstić information content (AvgIpc) is 2.71. The summed E-state index contributed by atoms with van der Waals surface area (Å²) < 4.78 is 0. The molecule has 1 N–H and O–H groups in total. The van der Waals surface area contributed by atoms with Crippen LogP contribution in [0.5, 0.6) is 0 Å². The molecule has 3 rings (SSSR count). The molecule has 0 bridgehead atoms. The van der Waals surface area contributed by atoms with Crippen LogP contribution >= 0.6 is 11.6 Å². The Morgan fingerprint density at radius 3 is 2.32 bits per heavy atom. The number of nitrogens with one attached hydrogen (secondary N) is 1. The molecule has 1 aliphatic rings. The number of carbonyl (C=O) groups excluding carboxylic acids is 2. The molecule has 0 saturated carbocycles. The summed E-state index contributed by atoms with van der Waals surface area (Å²) in [6, 6.07) is 17.3. The molecule has 1 atom stereocenters. The quantitative estimate of drug-likeness (QED) is 0.807. The number of piperazine rings is 1.